The van der Waals surface area contributed by atoms with Crippen molar-refractivity contribution < 1.29 is 9.90 Å². The highest BCUT2D eigenvalue weighted by atomic mass is 16.3. The van der Waals surface area contributed by atoms with E-state index >= 15 is 0 Å². The zero-order valence-electron chi connectivity index (χ0n) is 12.6. The Morgan fingerprint density at radius 2 is 1.68 bits per heavy atom. The van der Waals surface area contributed by atoms with Gasteiger partial charge in [0.05, 0.1) is 12.5 Å². The molecular formula is C16H25NO2. The molecule has 0 saturated heterocycles. The number of aliphatic hydroxyl groups excluding tert-OH is 1. The van der Waals surface area contributed by atoms with Crippen LogP contribution in [0.5, 0.6) is 0 Å². The van der Waals surface area contributed by atoms with E-state index in [4.69, 9.17) is 0 Å². The lowest BCUT2D eigenvalue weighted by molar-refractivity contribution is -0.124. The molecule has 106 valence electrons. The average molecular weight is 263 g/mol. The second-order valence-electron chi connectivity index (χ2n) is 5.68. The first-order valence-corrected chi connectivity index (χ1v) is 6.86. The molecule has 1 atom stereocenters. The van der Waals surface area contributed by atoms with Crippen LogP contribution in [0.1, 0.15) is 39.2 Å². The van der Waals surface area contributed by atoms with Crippen molar-refractivity contribution in [3.63, 3.8) is 0 Å². The SMILES string of the molecule is CC(C)c1ccc(N(C)C(=O)C(CO)C(C)C)cc1. The highest BCUT2D eigenvalue weighted by Gasteiger charge is 2.25. The molecule has 0 aliphatic rings. The van der Waals surface area contributed by atoms with E-state index in [9.17, 15) is 9.90 Å². The highest BCUT2D eigenvalue weighted by Crippen LogP contribution is 2.22. The average Bonchev–Trinajstić information content (AvgIpc) is 2.38. The summed E-state index contributed by atoms with van der Waals surface area (Å²) in [6, 6.07) is 8.02. The summed E-state index contributed by atoms with van der Waals surface area (Å²) in [5, 5.41) is 9.33. The number of hydrogen-bond acceptors (Lipinski definition) is 2. The Kier molecular flexibility index (Phi) is 5.55. The van der Waals surface area contributed by atoms with Crippen LogP contribution in [0.3, 0.4) is 0 Å². The van der Waals surface area contributed by atoms with Crippen molar-refractivity contribution in [2.75, 3.05) is 18.6 Å². The molecule has 0 saturated carbocycles. The molecule has 1 aromatic rings. The van der Waals surface area contributed by atoms with E-state index in [1.807, 2.05) is 38.1 Å². The molecule has 0 spiro atoms. The molecule has 0 aliphatic heterocycles. The fraction of sp³-hybridized carbons (Fsp3) is 0.562. The van der Waals surface area contributed by atoms with Gasteiger partial charge in [-0.05, 0) is 29.5 Å². The molecule has 3 nitrogen and oxygen atoms in total. The lowest BCUT2D eigenvalue weighted by Gasteiger charge is -2.25. The Bertz CT molecular complexity index is 409. The minimum Gasteiger partial charge on any atom is -0.396 e. The third-order valence-electron chi connectivity index (χ3n) is 3.60. The van der Waals surface area contributed by atoms with Crippen LogP contribution in [0.4, 0.5) is 5.69 Å². The van der Waals surface area contributed by atoms with Gasteiger partial charge in [-0.3, -0.25) is 4.79 Å². The molecular weight excluding hydrogens is 238 g/mol. The zero-order valence-corrected chi connectivity index (χ0v) is 12.6. The summed E-state index contributed by atoms with van der Waals surface area (Å²) in [6.45, 7) is 8.09. The van der Waals surface area contributed by atoms with Gasteiger partial charge >= 0.3 is 0 Å². The van der Waals surface area contributed by atoms with E-state index in [1.54, 1.807) is 11.9 Å². The van der Waals surface area contributed by atoms with Gasteiger partial charge in [-0.2, -0.15) is 0 Å². The maximum atomic E-state index is 12.3. The predicted molar refractivity (Wildman–Crippen MR) is 79.4 cm³/mol. The second-order valence-corrected chi connectivity index (χ2v) is 5.68. The Labute approximate surface area is 116 Å². The molecule has 0 fully saturated rings. The van der Waals surface area contributed by atoms with E-state index in [-0.39, 0.29) is 24.3 Å². The van der Waals surface area contributed by atoms with Crippen LogP contribution in [0.15, 0.2) is 24.3 Å². The van der Waals surface area contributed by atoms with Crippen molar-refractivity contribution in [3.05, 3.63) is 29.8 Å². The van der Waals surface area contributed by atoms with Crippen LogP contribution in [0.25, 0.3) is 0 Å². The van der Waals surface area contributed by atoms with Crippen molar-refractivity contribution in [3.8, 4) is 0 Å². The van der Waals surface area contributed by atoms with Crippen LogP contribution in [0, 0.1) is 11.8 Å². The minimum atomic E-state index is -0.338. The Morgan fingerprint density at radius 1 is 1.16 bits per heavy atom. The molecule has 1 rings (SSSR count). The first kappa shape index (κ1) is 15.7. The van der Waals surface area contributed by atoms with Crippen LogP contribution < -0.4 is 4.90 Å². The Morgan fingerprint density at radius 3 is 2.05 bits per heavy atom. The lowest BCUT2D eigenvalue weighted by atomic mass is 9.95. The third-order valence-corrected chi connectivity index (χ3v) is 3.60. The van der Waals surface area contributed by atoms with Gasteiger partial charge < -0.3 is 10.0 Å². The van der Waals surface area contributed by atoms with Gasteiger partial charge in [0.2, 0.25) is 5.91 Å². The van der Waals surface area contributed by atoms with E-state index < -0.39 is 0 Å². The fourth-order valence-corrected chi connectivity index (χ4v) is 2.03. The van der Waals surface area contributed by atoms with E-state index in [1.165, 1.54) is 5.56 Å². The molecule has 19 heavy (non-hydrogen) atoms. The summed E-state index contributed by atoms with van der Waals surface area (Å²) in [5.41, 5.74) is 2.13. The van der Waals surface area contributed by atoms with Gasteiger partial charge in [-0.1, -0.05) is 39.8 Å². The summed E-state index contributed by atoms with van der Waals surface area (Å²) < 4.78 is 0. The predicted octanol–water partition coefficient (Wildman–Crippen LogP) is 3.04. The number of carbonyl (C=O) groups is 1. The highest BCUT2D eigenvalue weighted by molar-refractivity contribution is 5.94. The number of aliphatic hydroxyl groups is 1. The van der Waals surface area contributed by atoms with Gasteiger partial charge in [0.15, 0.2) is 0 Å². The van der Waals surface area contributed by atoms with Crippen molar-refractivity contribution in [1.29, 1.82) is 0 Å². The summed E-state index contributed by atoms with van der Waals surface area (Å²) in [6.07, 6.45) is 0. The maximum absolute atomic E-state index is 12.3. The van der Waals surface area contributed by atoms with Crippen molar-refractivity contribution in [2.45, 2.75) is 33.6 Å². The number of rotatable bonds is 5. The van der Waals surface area contributed by atoms with Crippen molar-refractivity contribution in [2.24, 2.45) is 11.8 Å². The number of amides is 1. The number of anilines is 1. The molecule has 0 aliphatic carbocycles. The van der Waals surface area contributed by atoms with Gasteiger partial charge in [-0.15, -0.1) is 0 Å². The van der Waals surface area contributed by atoms with Gasteiger partial charge in [0.25, 0.3) is 0 Å². The van der Waals surface area contributed by atoms with Crippen molar-refractivity contribution >= 4 is 11.6 Å². The molecule has 1 unspecified atom stereocenters. The lowest BCUT2D eigenvalue weighted by Crippen LogP contribution is -2.37. The summed E-state index contributed by atoms with van der Waals surface area (Å²) in [4.78, 5) is 13.9. The standard InChI is InChI=1S/C16H25NO2/c1-11(2)13-6-8-14(9-7-13)17(5)16(19)15(10-18)12(3)4/h6-9,11-12,15,18H,10H2,1-5H3. The zero-order chi connectivity index (χ0) is 14.6. The molecule has 0 radical (unpaired) electrons. The van der Waals surface area contributed by atoms with Crippen LogP contribution >= 0.6 is 0 Å². The Balaban J connectivity index is 2.87. The summed E-state index contributed by atoms with van der Waals surface area (Å²) in [5.74, 6) is 0.246. The van der Waals surface area contributed by atoms with Gasteiger partial charge in [-0.25, -0.2) is 0 Å². The number of nitrogens with zero attached hydrogens (tertiary/aromatic N) is 1. The maximum Gasteiger partial charge on any atom is 0.232 e. The Hall–Kier alpha value is -1.35. The summed E-state index contributed by atoms with van der Waals surface area (Å²) >= 11 is 0. The van der Waals surface area contributed by atoms with E-state index in [0.29, 0.717) is 5.92 Å². The number of carbonyl (C=O) groups excluding carboxylic acids is 1. The van der Waals surface area contributed by atoms with Gasteiger partial charge in [0, 0.05) is 12.7 Å². The number of hydrogen-bond donors (Lipinski definition) is 1. The quantitative estimate of drug-likeness (QED) is 0.887. The molecule has 1 N–H and O–H groups in total. The fourth-order valence-electron chi connectivity index (χ4n) is 2.03. The van der Waals surface area contributed by atoms with Crippen LogP contribution in [-0.2, 0) is 4.79 Å². The van der Waals surface area contributed by atoms with Gasteiger partial charge in [0.1, 0.15) is 0 Å². The second kappa shape index (κ2) is 6.71. The molecule has 1 aromatic carbocycles. The molecule has 0 bridgehead atoms. The topological polar surface area (TPSA) is 40.5 Å². The van der Waals surface area contributed by atoms with Crippen molar-refractivity contribution in [1.82, 2.24) is 0 Å². The molecule has 0 heterocycles. The van der Waals surface area contributed by atoms with E-state index in [0.717, 1.165) is 5.69 Å². The van der Waals surface area contributed by atoms with Crippen LogP contribution in [-0.4, -0.2) is 24.7 Å². The molecule has 0 aromatic heterocycles. The third kappa shape index (κ3) is 3.80. The smallest absolute Gasteiger partial charge is 0.232 e. The normalized spacial score (nSPS) is 12.8. The summed E-state index contributed by atoms with van der Waals surface area (Å²) in [7, 11) is 1.76. The molecule has 3 heteroatoms. The molecule has 1 amide bonds. The van der Waals surface area contributed by atoms with Crippen LogP contribution in [0.2, 0.25) is 0 Å². The minimum absolute atomic E-state index is 0.0326. The van der Waals surface area contributed by atoms with E-state index in [2.05, 4.69) is 13.8 Å². The first-order valence-electron chi connectivity index (χ1n) is 6.86. The number of benzene rings is 1. The largest absolute Gasteiger partial charge is 0.396 e. The first-order chi connectivity index (χ1) is 8.88. The monoisotopic (exact) mass is 263 g/mol.